The number of halogens is 2. The molecule has 0 radical (unpaired) electrons. The zero-order chi connectivity index (χ0) is 24.5. The number of ether oxygens (including phenoxy) is 1. The van der Waals surface area contributed by atoms with Gasteiger partial charge in [0, 0.05) is 35.1 Å². The Morgan fingerprint density at radius 2 is 1.91 bits per heavy atom. The normalized spacial score (nSPS) is 18.3. The van der Waals surface area contributed by atoms with Crippen molar-refractivity contribution in [3.63, 3.8) is 0 Å². The van der Waals surface area contributed by atoms with Crippen LogP contribution in [-0.4, -0.2) is 56.8 Å². The summed E-state index contributed by atoms with van der Waals surface area (Å²) in [6, 6.07) is 10.3. The average molecular weight is 504 g/mol. The Morgan fingerprint density at radius 1 is 1.15 bits per heavy atom. The van der Waals surface area contributed by atoms with Crippen molar-refractivity contribution in [1.29, 1.82) is 0 Å². The minimum absolute atomic E-state index is 0.0501. The number of methoxy groups -OCH3 is 1. The van der Waals surface area contributed by atoms with Crippen LogP contribution in [0, 0.1) is 11.3 Å². The zero-order valence-corrected chi connectivity index (χ0v) is 20.9. The predicted molar refractivity (Wildman–Crippen MR) is 130 cm³/mol. The summed E-state index contributed by atoms with van der Waals surface area (Å²) < 4.78 is 5.16. The van der Waals surface area contributed by atoms with Crippen LogP contribution in [-0.2, 0) is 0 Å². The van der Waals surface area contributed by atoms with Crippen LogP contribution in [0.3, 0.4) is 0 Å². The molecule has 0 saturated carbocycles. The number of rotatable bonds is 5. The number of aromatic nitrogens is 4. The lowest BCUT2D eigenvalue weighted by molar-refractivity contribution is 0.0584. The van der Waals surface area contributed by atoms with Crippen LogP contribution >= 0.6 is 23.2 Å². The van der Waals surface area contributed by atoms with Crippen LogP contribution in [0.25, 0.3) is 5.69 Å². The van der Waals surface area contributed by atoms with E-state index in [-0.39, 0.29) is 34.6 Å². The number of pyridine rings is 1. The predicted octanol–water partition coefficient (Wildman–Crippen LogP) is 5.06. The van der Waals surface area contributed by atoms with Gasteiger partial charge in [-0.25, -0.2) is 4.98 Å². The van der Waals surface area contributed by atoms with E-state index in [0.29, 0.717) is 35.4 Å². The van der Waals surface area contributed by atoms with Gasteiger partial charge in [-0.2, -0.15) is 4.80 Å². The first-order valence-electron chi connectivity index (χ1n) is 11.1. The van der Waals surface area contributed by atoms with E-state index >= 15 is 0 Å². The van der Waals surface area contributed by atoms with Crippen molar-refractivity contribution in [1.82, 2.24) is 24.9 Å². The molecule has 1 amide bonds. The van der Waals surface area contributed by atoms with Crippen molar-refractivity contribution in [2.75, 3.05) is 20.2 Å². The molecule has 0 spiro atoms. The smallest absolute Gasteiger partial charge is 0.272 e. The first kappa shape index (κ1) is 24.3. The van der Waals surface area contributed by atoms with Gasteiger partial charge in [0.05, 0.1) is 12.8 Å². The Kier molecular flexibility index (Phi) is 7.00. The van der Waals surface area contributed by atoms with Crippen molar-refractivity contribution in [2.24, 2.45) is 11.3 Å². The number of amides is 1. The molecule has 4 rings (SSSR count). The molecule has 3 heterocycles. The van der Waals surface area contributed by atoms with E-state index in [4.69, 9.17) is 27.9 Å². The lowest BCUT2D eigenvalue weighted by Crippen LogP contribution is -2.43. The molecule has 1 unspecified atom stereocenters. The van der Waals surface area contributed by atoms with Crippen molar-refractivity contribution in [3.8, 4) is 11.6 Å². The Hall–Kier alpha value is -2.84. The Bertz CT molecular complexity index is 1190. The molecule has 1 fully saturated rings. The first-order chi connectivity index (χ1) is 16.1. The molecule has 34 heavy (non-hydrogen) atoms. The number of aromatic amines is 1. The van der Waals surface area contributed by atoms with Gasteiger partial charge in [0.25, 0.3) is 5.91 Å². The number of benzene rings is 1. The van der Waals surface area contributed by atoms with E-state index in [1.165, 1.54) is 18.0 Å². The highest BCUT2D eigenvalue weighted by Crippen LogP contribution is 2.32. The van der Waals surface area contributed by atoms with E-state index in [1.807, 2.05) is 12.1 Å². The second kappa shape index (κ2) is 9.80. The van der Waals surface area contributed by atoms with Gasteiger partial charge in [-0.3, -0.25) is 14.7 Å². The van der Waals surface area contributed by atoms with Gasteiger partial charge >= 0.3 is 0 Å². The third-order valence-electron chi connectivity index (χ3n) is 6.09. The highest BCUT2D eigenvalue weighted by atomic mass is 35.5. The van der Waals surface area contributed by atoms with Crippen molar-refractivity contribution >= 4 is 34.9 Å². The van der Waals surface area contributed by atoms with Crippen LogP contribution in [0.15, 0.2) is 36.4 Å². The number of hydrogen-bond donors (Lipinski definition) is 1. The SMILES string of the molecule is COc1cc(Cl)cc(C(=O)N2CCC(C(=O)c3nn(-c4cccc(Cl)c4)[nH]3)CCC(C)(C)C2)n1. The van der Waals surface area contributed by atoms with E-state index < -0.39 is 0 Å². The molecule has 0 aliphatic carbocycles. The molecule has 3 aromatic rings. The van der Waals surface area contributed by atoms with Crippen molar-refractivity contribution in [2.45, 2.75) is 33.1 Å². The highest BCUT2D eigenvalue weighted by molar-refractivity contribution is 6.31. The van der Waals surface area contributed by atoms with Gasteiger partial charge in [0.2, 0.25) is 17.5 Å². The summed E-state index contributed by atoms with van der Waals surface area (Å²) in [6.45, 7) is 5.20. The van der Waals surface area contributed by atoms with Gasteiger partial charge in [-0.05, 0) is 48.9 Å². The molecule has 1 N–H and O–H groups in total. The van der Waals surface area contributed by atoms with E-state index in [1.54, 1.807) is 23.1 Å². The first-order valence-corrected chi connectivity index (χ1v) is 11.9. The molecule has 1 aromatic carbocycles. The number of nitrogens with zero attached hydrogens (tertiary/aromatic N) is 4. The quantitative estimate of drug-likeness (QED) is 0.491. The Morgan fingerprint density at radius 3 is 2.62 bits per heavy atom. The Balaban J connectivity index is 1.49. The second-order valence-corrected chi connectivity index (χ2v) is 10.2. The standard InChI is InChI=1S/C24H27Cl2N5O3/c1-24(2)9-7-15(21(32)22-28-31(29-22)18-6-4-5-16(25)11-18)8-10-30(14-24)23(33)19-12-17(26)13-20(27-19)34-3/h4-6,11-13,15H,7-10,14H2,1-3H3,(H,28,29). The Labute approximate surface area is 208 Å². The molecule has 1 atom stereocenters. The monoisotopic (exact) mass is 503 g/mol. The second-order valence-electron chi connectivity index (χ2n) is 9.34. The topological polar surface area (TPSA) is 93.1 Å². The summed E-state index contributed by atoms with van der Waals surface area (Å²) in [4.78, 5) is 34.0. The summed E-state index contributed by atoms with van der Waals surface area (Å²) in [7, 11) is 1.48. The number of nitrogens with one attached hydrogen (secondary N) is 1. The van der Waals surface area contributed by atoms with Crippen LogP contribution in [0.5, 0.6) is 5.88 Å². The van der Waals surface area contributed by atoms with E-state index in [9.17, 15) is 9.59 Å². The number of likely N-dealkylation sites (tertiary alicyclic amines) is 1. The van der Waals surface area contributed by atoms with E-state index in [2.05, 4.69) is 29.0 Å². The minimum Gasteiger partial charge on any atom is -0.481 e. The molecule has 180 valence electrons. The number of carbonyl (C=O) groups excluding carboxylic acids is 2. The van der Waals surface area contributed by atoms with Crippen LogP contribution in [0.4, 0.5) is 0 Å². The van der Waals surface area contributed by atoms with Crippen LogP contribution < -0.4 is 4.74 Å². The number of H-pyrrole nitrogens is 1. The third kappa shape index (κ3) is 5.45. The van der Waals surface area contributed by atoms with Gasteiger partial charge in [0.15, 0.2) is 0 Å². The minimum atomic E-state index is -0.246. The van der Waals surface area contributed by atoms with Gasteiger partial charge in [-0.15, -0.1) is 5.10 Å². The molecule has 2 aromatic heterocycles. The summed E-state index contributed by atoms with van der Waals surface area (Å²) >= 11 is 12.2. The summed E-state index contributed by atoms with van der Waals surface area (Å²) in [5.74, 6) is 0.0830. The van der Waals surface area contributed by atoms with Crippen LogP contribution in [0.2, 0.25) is 10.0 Å². The largest absolute Gasteiger partial charge is 0.481 e. The highest BCUT2D eigenvalue weighted by Gasteiger charge is 2.34. The maximum absolute atomic E-state index is 13.3. The molecule has 1 saturated heterocycles. The van der Waals surface area contributed by atoms with Crippen molar-refractivity contribution in [3.05, 3.63) is 58.0 Å². The maximum Gasteiger partial charge on any atom is 0.272 e. The fourth-order valence-electron chi connectivity index (χ4n) is 4.21. The maximum atomic E-state index is 13.3. The molecular formula is C24H27Cl2N5O3. The lowest BCUT2D eigenvalue weighted by Gasteiger charge is -2.37. The number of Topliss-reactive ketones (excluding diaryl/α,β-unsaturated/α-hetero) is 1. The molecule has 0 bridgehead atoms. The average Bonchev–Trinajstić information content (AvgIpc) is 2.74. The summed E-state index contributed by atoms with van der Waals surface area (Å²) in [5, 5.41) is 8.33. The third-order valence-corrected chi connectivity index (χ3v) is 6.54. The van der Waals surface area contributed by atoms with Gasteiger partial charge in [0.1, 0.15) is 5.69 Å². The van der Waals surface area contributed by atoms with Crippen molar-refractivity contribution < 1.29 is 14.3 Å². The molecule has 1 aliphatic rings. The molecular weight excluding hydrogens is 477 g/mol. The van der Waals surface area contributed by atoms with Crippen LogP contribution in [0.1, 0.15) is 54.2 Å². The summed E-state index contributed by atoms with van der Waals surface area (Å²) in [5.41, 5.74) is 0.814. The zero-order valence-electron chi connectivity index (χ0n) is 19.3. The molecule has 8 nitrogen and oxygen atoms in total. The fraction of sp³-hybridized carbons (Fsp3) is 0.417. The molecule has 1 aliphatic heterocycles. The summed E-state index contributed by atoms with van der Waals surface area (Å²) in [6.07, 6.45) is 2.07. The van der Waals surface area contributed by atoms with E-state index in [0.717, 1.165) is 18.5 Å². The van der Waals surface area contributed by atoms with Gasteiger partial charge in [-0.1, -0.05) is 43.1 Å². The number of ketones is 1. The number of hydrogen-bond acceptors (Lipinski definition) is 5. The lowest BCUT2D eigenvalue weighted by atomic mass is 9.80. The molecule has 10 heteroatoms. The number of carbonyl (C=O) groups is 2. The fourth-order valence-corrected chi connectivity index (χ4v) is 4.59. The van der Waals surface area contributed by atoms with Gasteiger partial charge < -0.3 is 9.64 Å².